The second kappa shape index (κ2) is 5.36. The number of hydrogen-bond donors (Lipinski definition) is 1. The van der Waals surface area contributed by atoms with Crippen molar-refractivity contribution in [3.8, 4) is 11.3 Å². The van der Waals surface area contributed by atoms with Gasteiger partial charge in [0.1, 0.15) is 0 Å². The molecule has 2 aromatic rings. The minimum absolute atomic E-state index is 0.536. The zero-order valence-corrected chi connectivity index (χ0v) is 13.4. The molecule has 6 nitrogen and oxygen atoms in total. The van der Waals surface area contributed by atoms with Crippen molar-refractivity contribution in [1.29, 1.82) is 0 Å². The van der Waals surface area contributed by atoms with Crippen LogP contribution in [0.4, 0.5) is 5.69 Å². The van der Waals surface area contributed by atoms with Crippen LogP contribution >= 0.6 is 11.8 Å². The second-order valence-electron chi connectivity index (χ2n) is 4.92. The molecule has 1 aromatic carbocycles. The topological polar surface area (TPSA) is 67.2 Å². The van der Waals surface area contributed by atoms with E-state index in [1.165, 1.54) is 14.1 Å². The van der Waals surface area contributed by atoms with Gasteiger partial charge in [0, 0.05) is 43.8 Å². The molecule has 0 atom stereocenters. The first kappa shape index (κ1) is 14.4. The fraction of sp³-hybridized carbons (Fsp3) is 0.308. The molecule has 1 aliphatic heterocycles. The molecule has 0 saturated heterocycles. The van der Waals surface area contributed by atoms with Crippen LogP contribution in [0.1, 0.15) is 0 Å². The fourth-order valence-corrected chi connectivity index (χ4v) is 3.56. The summed E-state index contributed by atoms with van der Waals surface area (Å²) in [5, 5.41) is 1.04. The number of rotatable bonds is 4. The third-order valence-electron chi connectivity index (χ3n) is 3.21. The summed E-state index contributed by atoms with van der Waals surface area (Å²) in [4.78, 5) is 4.57. The van der Waals surface area contributed by atoms with Crippen LogP contribution in [0.25, 0.3) is 11.3 Å². The zero-order valence-electron chi connectivity index (χ0n) is 11.8. The van der Waals surface area contributed by atoms with Crippen molar-refractivity contribution in [2.45, 2.75) is 11.7 Å². The Kier molecular flexibility index (Phi) is 3.68. The summed E-state index contributed by atoms with van der Waals surface area (Å²) in [6, 6.07) is 7.23. The van der Waals surface area contributed by atoms with Crippen molar-refractivity contribution < 1.29 is 8.42 Å². The van der Waals surface area contributed by atoms with E-state index in [2.05, 4.69) is 14.3 Å². The third kappa shape index (κ3) is 2.92. The quantitative estimate of drug-likeness (QED) is 0.932. The van der Waals surface area contributed by atoms with Gasteiger partial charge in [-0.15, -0.1) is 0 Å². The van der Waals surface area contributed by atoms with E-state index in [1.807, 2.05) is 18.3 Å². The maximum absolute atomic E-state index is 11.7. The van der Waals surface area contributed by atoms with Gasteiger partial charge in [0.2, 0.25) is 0 Å². The molecule has 0 spiro atoms. The Balaban J connectivity index is 1.81. The number of nitrogens with zero attached hydrogens (tertiary/aromatic N) is 3. The van der Waals surface area contributed by atoms with Gasteiger partial charge in [-0.1, -0.05) is 23.9 Å². The van der Waals surface area contributed by atoms with Gasteiger partial charge in [-0.2, -0.15) is 12.7 Å². The highest BCUT2D eigenvalue weighted by atomic mass is 32.2. The lowest BCUT2D eigenvalue weighted by atomic mass is 10.1. The zero-order chi connectivity index (χ0) is 15.0. The number of nitrogens with one attached hydrogen (secondary N) is 1. The highest BCUT2D eigenvalue weighted by molar-refractivity contribution is 7.99. The summed E-state index contributed by atoms with van der Waals surface area (Å²) in [6.45, 7) is 0.994. The predicted molar refractivity (Wildman–Crippen MR) is 84.6 cm³/mol. The Morgan fingerprint density at radius 2 is 2.00 bits per heavy atom. The second-order valence-corrected chi connectivity index (χ2v) is 7.86. The van der Waals surface area contributed by atoms with Gasteiger partial charge in [-0.05, 0) is 12.1 Å². The Bertz CT molecular complexity index is 729. The molecule has 0 saturated carbocycles. The van der Waals surface area contributed by atoms with Crippen LogP contribution in [0.15, 0.2) is 35.6 Å². The molecule has 0 aliphatic carbocycles. The van der Waals surface area contributed by atoms with Gasteiger partial charge in [0.05, 0.1) is 5.69 Å². The maximum atomic E-state index is 11.7. The highest BCUT2D eigenvalue weighted by Gasteiger charge is 2.16. The van der Waals surface area contributed by atoms with Crippen LogP contribution < -0.4 is 4.72 Å². The van der Waals surface area contributed by atoms with E-state index in [4.69, 9.17) is 0 Å². The summed E-state index contributed by atoms with van der Waals surface area (Å²) in [5.41, 5.74) is 2.43. The predicted octanol–water partition coefficient (Wildman–Crippen LogP) is 1.87. The first-order chi connectivity index (χ1) is 9.95. The summed E-state index contributed by atoms with van der Waals surface area (Å²) in [5.74, 6) is 1.08. The van der Waals surface area contributed by atoms with E-state index in [0.717, 1.165) is 33.0 Å². The summed E-state index contributed by atoms with van der Waals surface area (Å²) in [6.07, 6.45) is 2.04. The molecule has 3 rings (SSSR count). The van der Waals surface area contributed by atoms with Crippen LogP contribution in [-0.2, 0) is 16.8 Å². The first-order valence-electron chi connectivity index (χ1n) is 6.46. The number of aromatic nitrogens is 2. The standard InChI is InChI=1S/C13H16N4O2S2/c1-16(2)21(18,19)15-11-5-3-10(4-6-11)12-9-17-7-8-20-13(17)14-12/h3-6,9,15H,7-8H2,1-2H3. The molecule has 1 N–H and O–H groups in total. The normalized spacial score (nSPS) is 14.4. The molecular weight excluding hydrogens is 308 g/mol. The SMILES string of the molecule is CN(C)S(=O)(=O)Nc1ccc(-c2cn3c(n2)SCC3)cc1. The largest absolute Gasteiger partial charge is 0.325 e. The lowest BCUT2D eigenvalue weighted by molar-refractivity contribution is 0.527. The fourth-order valence-electron chi connectivity index (χ4n) is 2.00. The van der Waals surface area contributed by atoms with Crippen LogP contribution in [0.3, 0.4) is 0 Å². The molecule has 112 valence electrons. The number of aryl methyl sites for hydroxylation is 1. The van der Waals surface area contributed by atoms with Crippen molar-refractivity contribution in [3.63, 3.8) is 0 Å². The van der Waals surface area contributed by atoms with Gasteiger partial charge >= 0.3 is 10.2 Å². The Labute approximate surface area is 128 Å². The van der Waals surface area contributed by atoms with Crippen LogP contribution in [0, 0.1) is 0 Å². The third-order valence-corrected chi connectivity index (χ3v) is 5.64. The van der Waals surface area contributed by atoms with Crippen molar-refractivity contribution in [2.24, 2.45) is 0 Å². The Morgan fingerprint density at radius 1 is 1.29 bits per heavy atom. The molecule has 0 amide bonds. The number of imidazole rings is 1. The Hall–Kier alpha value is -1.51. The van der Waals surface area contributed by atoms with Crippen LogP contribution in [-0.4, -0.2) is 42.1 Å². The summed E-state index contributed by atoms with van der Waals surface area (Å²) < 4.78 is 29.3. The van der Waals surface area contributed by atoms with E-state index < -0.39 is 10.2 Å². The number of benzene rings is 1. The minimum Gasteiger partial charge on any atom is -0.325 e. The summed E-state index contributed by atoms with van der Waals surface area (Å²) >= 11 is 1.75. The van der Waals surface area contributed by atoms with Gasteiger partial charge in [-0.3, -0.25) is 4.72 Å². The molecule has 1 aliphatic rings. The molecule has 0 radical (unpaired) electrons. The smallest absolute Gasteiger partial charge is 0.301 e. The highest BCUT2D eigenvalue weighted by Crippen LogP contribution is 2.29. The monoisotopic (exact) mass is 324 g/mol. The van der Waals surface area contributed by atoms with Gasteiger partial charge < -0.3 is 4.57 Å². The van der Waals surface area contributed by atoms with E-state index >= 15 is 0 Å². The number of thioether (sulfide) groups is 1. The van der Waals surface area contributed by atoms with E-state index in [1.54, 1.807) is 23.9 Å². The van der Waals surface area contributed by atoms with Gasteiger partial charge in [0.25, 0.3) is 0 Å². The average Bonchev–Trinajstić information content (AvgIpc) is 2.99. The lowest BCUT2D eigenvalue weighted by Crippen LogP contribution is -2.28. The minimum atomic E-state index is -3.47. The number of anilines is 1. The summed E-state index contributed by atoms with van der Waals surface area (Å²) in [7, 11) is -0.492. The lowest BCUT2D eigenvalue weighted by Gasteiger charge is -2.13. The molecule has 8 heteroatoms. The molecule has 2 heterocycles. The number of hydrogen-bond acceptors (Lipinski definition) is 4. The van der Waals surface area contributed by atoms with E-state index in [-0.39, 0.29) is 0 Å². The van der Waals surface area contributed by atoms with Gasteiger partial charge in [0.15, 0.2) is 5.16 Å². The molecule has 0 fully saturated rings. The number of fused-ring (bicyclic) bond motifs is 1. The van der Waals surface area contributed by atoms with Crippen molar-refractivity contribution in [2.75, 3.05) is 24.6 Å². The van der Waals surface area contributed by atoms with E-state index in [9.17, 15) is 8.42 Å². The van der Waals surface area contributed by atoms with Crippen molar-refractivity contribution >= 4 is 27.7 Å². The van der Waals surface area contributed by atoms with Crippen LogP contribution in [0.2, 0.25) is 0 Å². The molecular formula is C13H16N4O2S2. The van der Waals surface area contributed by atoms with Crippen molar-refractivity contribution in [1.82, 2.24) is 13.9 Å². The first-order valence-corrected chi connectivity index (χ1v) is 8.89. The van der Waals surface area contributed by atoms with Crippen LogP contribution in [0.5, 0.6) is 0 Å². The molecule has 21 heavy (non-hydrogen) atoms. The maximum Gasteiger partial charge on any atom is 0.301 e. The molecule has 1 aromatic heterocycles. The Morgan fingerprint density at radius 3 is 2.62 bits per heavy atom. The average molecular weight is 324 g/mol. The molecule has 0 unspecified atom stereocenters. The van der Waals surface area contributed by atoms with Crippen molar-refractivity contribution in [3.05, 3.63) is 30.5 Å². The van der Waals surface area contributed by atoms with E-state index in [0.29, 0.717) is 5.69 Å². The van der Waals surface area contributed by atoms with Gasteiger partial charge in [-0.25, -0.2) is 4.98 Å². The molecule has 0 bridgehead atoms.